The topological polar surface area (TPSA) is 91.3 Å². The third-order valence-corrected chi connectivity index (χ3v) is 4.33. The molecular weight excluding hydrogens is 425 g/mol. The number of aliphatic imine (C=N–C) groups is 1. The summed E-state index contributed by atoms with van der Waals surface area (Å²) in [5, 5.41) is -0.0256. The average Bonchev–Trinajstić information content (AvgIpc) is 2.98. The van der Waals surface area contributed by atoms with Gasteiger partial charge in [0.1, 0.15) is 5.82 Å². The molecule has 0 aromatic heterocycles. The zero-order valence-electron chi connectivity index (χ0n) is 15.3. The van der Waals surface area contributed by atoms with Crippen LogP contribution >= 0.6 is 11.6 Å². The molecule has 29 heavy (non-hydrogen) atoms. The maximum Gasteiger partial charge on any atom is 0.363 e. The van der Waals surface area contributed by atoms with Gasteiger partial charge in [-0.1, -0.05) is 11.6 Å². The molecule has 0 atom stereocenters. The Kier molecular flexibility index (Phi) is 5.90. The maximum atomic E-state index is 13.1. The molecule has 2 aromatic carbocycles. The maximum absolute atomic E-state index is 13.1. The van der Waals surface area contributed by atoms with Crippen molar-refractivity contribution in [3.8, 4) is 11.5 Å². The van der Waals surface area contributed by atoms with E-state index in [1.807, 2.05) is 0 Å². The van der Waals surface area contributed by atoms with Crippen molar-refractivity contribution in [2.75, 3.05) is 12.9 Å². The molecule has 0 saturated carbocycles. The van der Waals surface area contributed by atoms with Crippen molar-refractivity contribution < 1.29 is 31.3 Å². The molecule has 0 amide bonds. The Hall–Kier alpha value is -2.91. The van der Waals surface area contributed by atoms with Crippen LogP contribution in [0.3, 0.4) is 0 Å². The molecule has 0 aliphatic carbocycles. The van der Waals surface area contributed by atoms with Gasteiger partial charge in [0.25, 0.3) is 0 Å². The number of hydrogen-bond donors (Lipinski definition) is 0. The lowest BCUT2D eigenvalue weighted by Crippen LogP contribution is -2.08. The second-order valence-electron chi connectivity index (χ2n) is 5.89. The highest BCUT2D eigenvalue weighted by Crippen LogP contribution is 2.38. The van der Waals surface area contributed by atoms with Crippen molar-refractivity contribution >= 4 is 39.7 Å². The van der Waals surface area contributed by atoms with Crippen LogP contribution in [0.2, 0.25) is 5.02 Å². The van der Waals surface area contributed by atoms with Crippen molar-refractivity contribution in [1.82, 2.24) is 0 Å². The summed E-state index contributed by atoms with van der Waals surface area (Å²) in [7, 11) is -3.83. The molecule has 1 aliphatic heterocycles. The zero-order chi connectivity index (χ0) is 21.2. The molecule has 0 radical (unpaired) electrons. The SMILES string of the molecule is CCOc1cc(C=C2N=C(c3ccc(F)cc3)OC2=O)cc(Cl)c1OS(C)(=O)=O. The second kappa shape index (κ2) is 8.22. The van der Waals surface area contributed by atoms with Gasteiger partial charge < -0.3 is 13.7 Å². The van der Waals surface area contributed by atoms with E-state index in [0.29, 0.717) is 11.1 Å². The van der Waals surface area contributed by atoms with Crippen molar-refractivity contribution in [3.05, 3.63) is 64.1 Å². The number of halogens is 2. The highest BCUT2D eigenvalue weighted by molar-refractivity contribution is 7.86. The number of cyclic esters (lactones) is 1. The van der Waals surface area contributed by atoms with Crippen molar-refractivity contribution in [1.29, 1.82) is 0 Å². The first kappa shape index (κ1) is 20.8. The first-order chi connectivity index (χ1) is 13.7. The lowest BCUT2D eigenvalue weighted by atomic mass is 10.1. The van der Waals surface area contributed by atoms with Crippen molar-refractivity contribution in [2.24, 2.45) is 4.99 Å². The number of esters is 1. The molecule has 1 aliphatic rings. The lowest BCUT2D eigenvalue weighted by Gasteiger charge is -2.12. The van der Waals surface area contributed by atoms with E-state index in [4.69, 9.17) is 25.3 Å². The number of benzene rings is 2. The normalized spacial score (nSPS) is 15.2. The first-order valence-corrected chi connectivity index (χ1v) is 10.5. The van der Waals surface area contributed by atoms with Crippen LogP contribution in [0.5, 0.6) is 11.5 Å². The number of carbonyl (C=O) groups is 1. The smallest absolute Gasteiger partial charge is 0.363 e. The largest absolute Gasteiger partial charge is 0.490 e. The molecule has 10 heteroatoms. The van der Waals surface area contributed by atoms with Gasteiger partial charge in [-0.25, -0.2) is 14.2 Å². The molecular formula is C19H15ClFNO6S. The van der Waals surface area contributed by atoms with E-state index in [0.717, 1.165) is 6.26 Å². The molecule has 1 heterocycles. The number of nitrogens with zero attached hydrogens (tertiary/aromatic N) is 1. The minimum atomic E-state index is -3.83. The van der Waals surface area contributed by atoms with Gasteiger partial charge in [-0.05, 0) is 55.0 Å². The van der Waals surface area contributed by atoms with Crippen LogP contribution in [0.1, 0.15) is 18.1 Å². The van der Waals surface area contributed by atoms with E-state index in [9.17, 15) is 17.6 Å². The molecule has 152 valence electrons. The van der Waals surface area contributed by atoms with E-state index < -0.39 is 21.9 Å². The summed E-state index contributed by atoms with van der Waals surface area (Å²) in [5.74, 6) is -1.15. The molecule has 0 spiro atoms. The fourth-order valence-corrected chi connectivity index (χ4v) is 3.23. The van der Waals surface area contributed by atoms with Gasteiger partial charge >= 0.3 is 16.1 Å². The Morgan fingerprint density at radius 2 is 1.93 bits per heavy atom. The van der Waals surface area contributed by atoms with Crippen LogP contribution < -0.4 is 8.92 Å². The van der Waals surface area contributed by atoms with Crippen LogP contribution in [0.25, 0.3) is 6.08 Å². The Labute approximate surface area is 171 Å². The summed E-state index contributed by atoms with van der Waals surface area (Å²) >= 11 is 6.15. The van der Waals surface area contributed by atoms with Gasteiger partial charge in [0.15, 0.2) is 11.4 Å². The van der Waals surface area contributed by atoms with Crippen LogP contribution in [0, 0.1) is 5.82 Å². The predicted molar refractivity (Wildman–Crippen MR) is 105 cm³/mol. The third-order valence-electron chi connectivity index (χ3n) is 3.58. The number of rotatable bonds is 6. The number of hydrogen-bond acceptors (Lipinski definition) is 7. The van der Waals surface area contributed by atoms with Crippen molar-refractivity contribution in [2.45, 2.75) is 6.92 Å². The Bertz CT molecular complexity index is 1130. The number of carbonyl (C=O) groups excluding carboxylic acids is 1. The Balaban J connectivity index is 1.98. The first-order valence-electron chi connectivity index (χ1n) is 8.30. The molecule has 0 fully saturated rings. The van der Waals surface area contributed by atoms with E-state index >= 15 is 0 Å². The van der Waals surface area contributed by atoms with Gasteiger partial charge in [0.05, 0.1) is 17.9 Å². The highest BCUT2D eigenvalue weighted by atomic mass is 35.5. The van der Waals surface area contributed by atoms with E-state index in [2.05, 4.69) is 4.99 Å². The van der Waals surface area contributed by atoms with E-state index in [-0.39, 0.29) is 34.7 Å². The van der Waals surface area contributed by atoms with E-state index in [1.54, 1.807) is 6.92 Å². The molecule has 0 bridgehead atoms. The minimum absolute atomic E-state index is 0.0142. The predicted octanol–water partition coefficient (Wildman–Crippen LogP) is 3.56. The standard InChI is InChI=1S/C19H15ClFNO6S/c1-3-26-16-10-11(8-14(20)17(16)28-29(2,24)25)9-15-19(23)27-18(22-15)12-4-6-13(21)7-5-12/h4-10H,3H2,1-2H3. The second-order valence-corrected chi connectivity index (χ2v) is 7.88. The third kappa shape index (κ3) is 5.12. The van der Waals surface area contributed by atoms with Crippen molar-refractivity contribution in [3.63, 3.8) is 0 Å². The summed E-state index contributed by atoms with van der Waals surface area (Å²) in [6.45, 7) is 1.93. The molecule has 0 unspecified atom stereocenters. The summed E-state index contributed by atoms with van der Waals surface area (Å²) in [6.07, 6.45) is 2.28. The van der Waals surface area contributed by atoms with Gasteiger partial charge in [-0.15, -0.1) is 0 Å². The molecule has 2 aromatic rings. The minimum Gasteiger partial charge on any atom is -0.490 e. The monoisotopic (exact) mass is 439 g/mol. The Morgan fingerprint density at radius 3 is 2.55 bits per heavy atom. The summed E-state index contributed by atoms with van der Waals surface area (Å²) < 4.78 is 51.4. The molecule has 0 saturated heterocycles. The van der Waals surface area contributed by atoms with Crippen LogP contribution in [-0.2, 0) is 19.6 Å². The quantitative estimate of drug-likeness (QED) is 0.388. The fraction of sp³-hybridized carbons (Fsp3) is 0.158. The van der Waals surface area contributed by atoms with Gasteiger partial charge in [0, 0.05) is 5.56 Å². The molecule has 3 rings (SSSR count). The average molecular weight is 440 g/mol. The molecule has 7 nitrogen and oxygen atoms in total. The van der Waals surface area contributed by atoms with Gasteiger partial charge in [-0.3, -0.25) is 0 Å². The lowest BCUT2D eigenvalue weighted by molar-refractivity contribution is -0.129. The van der Waals surface area contributed by atoms with Gasteiger partial charge in [-0.2, -0.15) is 8.42 Å². The highest BCUT2D eigenvalue weighted by Gasteiger charge is 2.25. The summed E-state index contributed by atoms with van der Waals surface area (Å²) in [4.78, 5) is 16.3. The summed E-state index contributed by atoms with van der Waals surface area (Å²) in [6, 6.07) is 8.18. The molecule has 0 N–H and O–H groups in total. The van der Waals surface area contributed by atoms with Crippen LogP contribution in [0.15, 0.2) is 47.1 Å². The zero-order valence-corrected chi connectivity index (χ0v) is 16.9. The van der Waals surface area contributed by atoms with Crippen LogP contribution in [0.4, 0.5) is 4.39 Å². The van der Waals surface area contributed by atoms with E-state index in [1.165, 1.54) is 42.5 Å². The Morgan fingerprint density at radius 1 is 1.24 bits per heavy atom. The summed E-state index contributed by atoms with van der Waals surface area (Å²) in [5.41, 5.74) is 0.836. The van der Waals surface area contributed by atoms with Gasteiger partial charge in [0.2, 0.25) is 11.6 Å². The van der Waals surface area contributed by atoms with Crippen LogP contribution in [-0.4, -0.2) is 33.1 Å². The fourth-order valence-electron chi connectivity index (χ4n) is 2.45. The number of ether oxygens (including phenoxy) is 2.